The largest absolute Gasteiger partial charge is 0.633 e. The van der Waals surface area contributed by atoms with E-state index < -0.39 is 20.4 Å². The highest BCUT2D eigenvalue weighted by Gasteiger charge is 2.11. The Labute approximate surface area is 137 Å². The molecule has 0 spiro atoms. The fraction of sp³-hybridized carbons (Fsp3) is 0.538. The van der Waals surface area contributed by atoms with Crippen molar-refractivity contribution in [2.24, 2.45) is 0 Å². The number of hydrogen-bond acceptors (Lipinski definition) is 7. The Morgan fingerprint density at radius 3 is 2.65 bits per heavy atom. The third-order valence-corrected chi connectivity index (χ3v) is 3.97. The Hall–Kier alpha value is -1.91. The minimum atomic E-state index is -1.18. The van der Waals surface area contributed by atoms with Crippen molar-refractivity contribution in [1.29, 1.82) is 0 Å². The minimum Gasteiger partial charge on any atom is -0.633 e. The molecule has 0 aliphatic rings. The molecule has 1 aromatic rings. The van der Waals surface area contributed by atoms with E-state index >= 15 is 0 Å². The second-order valence-corrected chi connectivity index (χ2v) is 6.97. The van der Waals surface area contributed by atoms with Crippen molar-refractivity contribution in [3.8, 4) is 0 Å². The summed E-state index contributed by atoms with van der Waals surface area (Å²) in [5.41, 5.74) is 0. The number of nitrogens with zero attached hydrogens (tertiary/aromatic N) is 2. The quantitative estimate of drug-likeness (QED) is 0.359. The van der Waals surface area contributed by atoms with Crippen LogP contribution in [-0.4, -0.2) is 47.2 Å². The van der Waals surface area contributed by atoms with Crippen molar-refractivity contribution in [2.45, 2.75) is 12.3 Å². The molecule has 1 atom stereocenters. The molecule has 0 radical (unpaired) electrons. The maximum absolute atomic E-state index is 12.0. The SMILES string of the molecule is CN/C(=C\[N+](=O)[O-])NCC[S@](=O)Cc1ccc(C[N+](C)(C)[O-])o1. The second kappa shape index (κ2) is 8.65. The minimum absolute atomic E-state index is 0.214. The molecule has 1 aromatic heterocycles. The van der Waals surface area contributed by atoms with Crippen LogP contribution in [0.15, 0.2) is 28.6 Å². The first kappa shape index (κ1) is 19.1. The van der Waals surface area contributed by atoms with Crippen LogP contribution in [0.3, 0.4) is 0 Å². The van der Waals surface area contributed by atoms with Gasteiger partial charge in [0.25, 0.3) is 6.20 Å². The third kappa shape index (κ3) is 8.33. The van der Waals surface area contributed by atoms with Gasteiger partial charge in [-0.1, -0.05) is 0 Å². The summed E-state index contributed by atoms with van der Waals surface area (Å²) in [6.07, 6.45) is 0.810. The van der Waals surface area contributed by atoms with Crippen LogP contribution in [0, 0.1) is 15.3 Å². The fourth-order valence-electron chi connectivity index (χ4n) is 1.79. The van der Waals surface area contributed by atoms with Crippen molar-refractivity contribution in [3.05, 3.63) is 51.0 Å². The molecule has 0 aliphatic heterocycles. The van der Waals surface area contributed by atoms with E-state index in [4.69, 9.17) is 4.42 Å². The van der Waals surface area contributed by atoms with Crippen LogP contribution < -0.4 is 10.6 Å². The van der Waals surface area contributed by atoms with Gasteiger partial charge >= 0.3 is 0 Å². The molecular weight excluding hydrogens is 324 g/mol. The number of rotatable bonds is 10. The predicted octanol–water partition coefficient (Wildman–Crippen LogP) is 0.487. The van der Waals surface area contributed by atoms with E-state index in [0.717, 1.165) is 6.20 Å². The zero-order chi connectivity index (χ0) is 17.5. The lowest BCUT2D eigenvalue weighted by Crippen LogP contribution is -2.30. The lowest BCUT2D eigenvalue weighted by Gasteiger charge is -2.32. The molecule has 2 N–H and O–H groups in total. The summed E-state index contributed by atoms with van der Waals surface area (Å²) in [5, 5.41) is 27.4. The number of hydroxylamine groups is 3. The number of hydrogen-bond donors (Lipinski definition) is 2. The highest BCUT2D eigenvalue weighted by atomic mass is 32.2. The highest BCUT2D eigenvalue weighted by Crippen LogP contribution is 2.14. The van der Waals surface area contributed by atoms with Gasteiger partial charge in [0, 0.05) is 30.1 Å². The van der Waals surface area contributed by atoms with Gasteiger partial charge in [0.05, 0.1) is 24.8 Å². The molecule has 130 valence electrons. The molecule has 0 fully saturated rings. The Morgan fingerprint density at radius 2 is 2.09 bits per heavy atom. The number of nitro groups is 1. The molecule has 0 bridgehead atoms. The molecule has 0 saturated carbocycles. The first-order chi connectivity index (χ1) is 10.7. The Kier molecular flexibility index (Phi) is 7.20. The molecule has 0 aromatic carbocycles. The molecule has 1 heterocycles. The van der Waals surface area contributed by atoms with Crippen molar-refractivity contribution in [1.82, 2.24) is 10.6 Å². The van der Waals surface area contributed by atoms with Gasteiger partial charge < -0.3 is 24.9 Å². The molecule has 0 unspecified atom stereocenters. The maximum atomic E-state index is 12.0. The number of furan rings is 1. The first-order valence-corrected chi connectivity index (χ1v) is 8.42. The fourth-order valence-corrected chi connectivity index (χ4v) is 2.74. The lowest BCUT2D eigenvalue weighted by molar-refractivity contribution is -0.854. The topological polar surface area (TPSA) is 120 Å². The summed E-state index contributed by atoms with van der Waals surface area (Å²) >= 11 is 0. The molecule has 0 aliphatic carbocycles. The normalized spacial score (nSPS) is 13.7. The smallest absolute Gasteiger partial charge is 0.274 e. The molecule has 0 saturated heterocycles. The Morgan fingerprint density at radius 1 is 1.43 bits per heavy atom. The standard InChI is InChI=1S/C13H22N4O5S/c1-14-13(8-16(18)19)15-6-7-23(21)10-12-5-4-11(22-12)9-17(2,3)20/h4-5,8,14-15H,6-7,9-10H2,1-3H3/b13-8+/t23-/m0/s1. The van der Waals surface area contributed by atoms with Gasteiger partial charge in [-0.25, -0.2) is 0 Å². The third-order valence-electron chi connectivity index (χ3n) is 2.71. The van der Waals surface area contributed by atoms with Crippen LogP contribution in [-0.2, 0) is 23.1 Å². The Balaban J connectivity index is 2.41. The maximum Gasteiger partial charge on any atom is 0.274 e. The van der Waals surface area contributed by atoms with Gasteiger partial charge in [-0.15, -0.1) is 0 Å². The van der Waals surface area contributed by atoms with Crippen LogP contribution in [0.5, 0.6) is 0 Å². The Bertz CT molecular complexity index is 579. The average molecular weight is 346 g/mol. The summed E-state index contributed by atoms with van der Waals surface area (Å²) in [4.78, 5) is 9.79. The van der Waals surface area contributed by atoms with E-state index in [0.29, 0.717) is 23.8 Å². The molecule has 23 heavy (non-hydrogen) atoms. The molecular formula is C13H22N4O5S. The second-order valence-electron chi connectivity index (χ2n) is 5.39. The van der Waals surface area contributed by atoms with E-state index in [1.54, 1.807) is 19.2 Å². The van der Waals surface area contributed by atoms with Crippen LogP contribution in [0.25, 0.3) is 0 Å². The van der Waals surface area contributed by atoms with Crippen LogP contribution >= 0.6 is 0 Å². The van der Waals surface area contributed by atoms with E-state index in [9.17, 15) is 19.5 Å². The summed E-state index contributed by atoms with van der Waals surface area (Å²) < 4.78 is 17.0. The molecule has 0 amide bonds. The van der Waals surface area contributed by atoms with Gasteiger partial charge in [0.15, 0.2) is 11.6 Å². The van der Waals surface area contributed by atoms with Crippen molar-refractivity contribution in [2.75, 3.05) is 33.4 Å². The van der Waals surface area contributed by atoms with Gasteiger partial charge in [0.2, 0.25) is 0 Å². The van der Waals surface area contributed by atoms with Crippen LogP contribution in [0.4, 0.5) is 0 Å². The lowest BCUT2D eigenvalue weighted by atomic mass is 10.4. The predicted molar refractivity (Wildman–Crippen MR) is 86.7 cm³/mol. The molecule has 10 heteroatoms. The number of nitrogens with one attached hydrogen (secondary N) is 2. The van der Waals surface area contributed by atoms with Gasteiger partial charge in [-0.2, -0.15) is 0 Å². The van der Waals surface area contributed by atoms with Crippen molar-refractivity contribution in [3.63, 3.8) is 0 Å². The van der Waals surface area contributed by atoms with E-state index in [1.807, 2.05) is 0 Å². The van der Waals surface area contributed by atoms with Crippen LogP contribution in [0.2, 0.25) is 0 Å². The number of quaternary nitrogens is 1. The van der Waals surface area contributed by atoms with Gasteiger partial charge in [-0.05, 0) is 12.1 Å². The first-order valence-electron chi connectivity index (χ1n) is 6.93. The summed E-state index contributed by atoms with van der Waals surface area (Å²) in [6.45, 7) is 0.538. The molecule has 1 rings (SSSR count). The van der Waals surface area contributed by atoms with Crippen LogP contribution in [0.1, 0.15) is 11.5 Å². The monoisotopic (exact) mass is 346 g/mol. The van der Waals surface area contributed by atoms with Crippen molar-refractivity contribution < 1.29 is 18.2 Å². The zero-order valence-corrected chi connectivity index (χ0v) is 14.2. The highest BCUT2D eigenvalue weighted by molar-refractivity contribution is 7.84. The van der Waals surface area contributed by atoms with Gasteiger partial charge in [-0.3, -0.25) is 14.3 Å². The zero-order valence-electron chi connectivity index (χ0n) is 13.4. The summed E-state index contributed by atoms with van der Waals surface area (Å²) in [5.74, 6) is 1.92. The van der Waals surface area contributed by atoms with E-state index in [2.05, 4.69) is 10.6 Å². The summed E-state index contributed by atoms with van der Waals surface area (Å²) in [6, 6.07) is 3.42. The van der Waals surface area contributed by atoms with Gasteiger partial charge in [0.1, 0.15) is 12.3 Å². The summed E-state index contributed by atoms with van der Waals surface area (Å²) in [7, 11) is 3.41. The van der Waals surface area contributed by atoms with E-state index in [1.165, 1.54) is 14.1 Å². The van der Waals surface area contributed by atoms with E-state index in [-0.39, 0.29) is 18.1 Å². The van der Waals surface area contributed by atoms with Crippen molar-refractivity contribution >= 4 is 10.8 Å². The average Bonchev–Trinajstić information content (AvgIpc) is 2.81. The molecule has 9 nitrogen and oxygen atoms in total.